The highest BCUT2D eigenvalue weighted by atomic mass is 35.5. The van der Waals surface area contributed by atoms with Crippen molar-refractivity contribution in [1.29, 1.82) is 0 Å². The number of aryl methyl sites for hydroxylation is 2. The molecule has 0 fully saturated rings. The number of benzene rings is 1. The van der Waals surface area contributed by atoms with Crippen LogP contribution in [-0.4, -0.2) is 22.0 Å². The summed E-state index contributed by atoms with van der Waals surface area (Å²) in [6.45, 7) is 3.70. The fourth-order valence-electron chi connectivity index (χ4n) is 2.42. The van der Waals surface area contributed by atoms with Crippen molar-refractivity contribution in [3.63, 3.8) is 0 Å². The molecule has 0 bridgehead atoms. The number of rotatable bonds is 5. The van der Waals surface area contributed by atoms with Gasteiger partial charge in [0.05, 0.1) is 21.8 Å². The lowest BCUT2D eigenvalue weighted by Crippen LogP contribution is -2.42. The van der Waals surface area contributed by atoms with Crippen molar-refractivity contribution in [3.05, 3.63) is 75.8 Å². The molecule has 0 saturated carbocycles. The van der Waals surface area contributed by atoms with E-state index in [9.17, 15) is 9.59 Å². The van der Waals surface area contributed by atoms with Crippen LogP contribution >= 0.6 is 23.4 Å². The molecular weight excluding hydrogens is 400 g/mol. The molecule has 0 aliphatic heterocycles. The van der Waals surface area contributed by atoms with Gasteiger partial charge in [-0.05, 0) is 38.1 Å². The lowest BCUT2D eigenvalue weighted by molar-refractivity contribution is 0.0844. The van der Waals surface area contributed by atoms with Gasteiger partial charge in [-0.3, -0.25) is 20.4 Å². The van der Waals surface area contributed by atoms with Crippen molar-refractivity contribution in [2.45, 2.75) is 24.6 Å². The molecular formula is C19H17ClN4O3S. The van der Waals surface area contributed by atoms with E-state index in [0.29, 0.717) is 21.4 Å². The highest BCUT2D eigenvalue weighted by Gasteiger charge is 2.17. The van der Waals surface area contributed by atoms with Crippen LogP contribution in [0.15, 0.2) is 52.1 Å². The number of halogens is 1. The summed E-state index contributed by atoms with van der Waals surface area (Å²) in [5.41, 5.74) is 7.15. The molecule has 7 nitrogen and oxygen atoms in total. The molecule has 2 N–H and O–H groups in total. The van der Waals surface area contributed by atoms with Crippen LogP contribution in [0.3, 0.4) is 0 Å². The zero-order valence-corrected chi connectivity index (χ0v) is 16.7. The van der Waals surface area contributed by atoms with Crippen molar-refractivity contribution in [2.75, 3.05) is 0 Å². The summed E-state index contributed by atoms with van der Waals surface area (Å²) >= 11 is 7.38. The highest BCUT2D eigenvalue weighted by Crippen LogP contribution is 2.27. The molecule has 2 aromatic heterocycles. The second kappa shape index (κ2) is 8.90. The minimum absolute atomic E-state index is 0.267. The van der Waals surface area contributed by atoms with Gasteiger partial charge < -0.3 is 4.52 Å². The molecule has 3 rings (SSSR count). The number of thioether (sulfide) groups is 1. The van der Waals surface area contributed by atoms with Gasteiger partial charge in [0.1, 0.15) is 10.8 Å². The lowest BCUT2D eigenvalue weighted by Gasteiger charge is -2.10. The number of aromatic nitrogens is 2. The molecule has 0 unspecified atom stereocenters. The van der Waals surface area contributed by atoms with Crippen molar-refractivity contribution in [3.8, 4) is 0 Å². The third-order valence-electron chi connectivity index (χ3n) is 3.96. The van der Waals surface area contributed by atoms with Gasteiger partial charge in [-0.2, -0.15) is 0 Å². The number of amides is 2. The first-order chi connectivity index (χ1) is 13.5. The maximum atomic E-state index is 12.5. The number of carbonyl (C=O) groups is 2. The summed E-state index contributed by atoms with van der Waals surface area (Å²) < 4.78 is 5.16. The van der Waals surface area contributed by atoms with Crippen LogP contribution in [0.4, 0.5) is 0 Å². The molecule has 0 saturated heterocycles. The van der Waals surface area contributed by atoms with Crippen LogP contribution in [0, 0.1) is 13.8 Å². The van der Waals surface area contributed by atoms with Gasteiger partial charge in [0, 0.05) is 17.5 Å². The molecule has 1 aromatic carbocycles. The number of hydrogen-bond donors (Lipinski definition) is 2. The number of hydrogen-bond acceptors (Lipinski definition) is 6. The molecule has 0 atom stereocenters. The maximum absolute atomic E-state index is 12.5. The molecule has 0 aliphatic carbocycles. The first-order valence-corrected chi connectivity index (χ1v) is 9.68. The monoisotopic (exact) mass is 416 g/mol. The molecule has 9 heteroatoms. The third kappa shape index (κ3) is 4.52. The Morgan fingerprint density at radius 1 is 1.07 bits per heavy atom. The van der Waals surface area contributed by atoms with Crippen LogP contribution in [-0.2, 0) is 5.75 Å². The van der Waals surface area contributed by atoms with E-state index in [2.05, 4.69) is 21.0 Å². The summed E-state index contributed by atoms with van der Waals surface area (Å²) in [5, 5.41) is 4.76. The zero-order chi connectivity index (χ0) is 20.1. The number of nitrogens with zero attached hydrogens (tertiary/aromatic N) is 2. The summed E-state index contributed by atoms with van der Waals surface area (Å²) in [7, 11) is 0. The van der Waals surface area contributed by atoms with Crippen LogP contribution in [0.5, 0.6) is 0 Å². The van der Waals surface area contributed by atoms with Gasteiger partial charge in [-0.25, -0.2) is 4.98 Å². The van der Waals surface area contributed by atoms with Crippen molar-refractivity contribution >= 4 is 35.2 Å². The molecule has 144 valence electrons. The molecule has 2 amide bonds. The second-order valence-electron chi connectivity index (χ2n) is 5.84. The Kier molecular flexibility index (Phi) is 6.33. The summed E-state index contributed by atoms with van der Waals surface area (Å²) in [6.07, 6.45) is 1.61. The molecule has 0 aliphatic rings. The van der Waals surface area contributed by atoms with E-state index >= 15 is 0 Å². The van der Waals surface area contributed by atoms with Crippen LogP contribution in [0.1, 0.15) is 37.7 Å². The van der Waals surface area contributed by atoms with Gasteiger partial charge in [0.15, 0.2) is 0 Å². The third-order valence-corrected chi connectivity index (χ3v) is 5.32. The Labute approximate surface area is 170 Å². The normalized spacial score (nSPS) is 10.5. The van der Waals surface area contributed by atoms with Crippen LogP contribution < -0.4 is 10.9 Å². The Balaban J connectivity index is 1.67. The molecule has 0 spiro atoms. The van der Waals surface area contributed by atoms with Crippen molar-refractivity contribution < 1.29 is 14.1 Å². The zero-order valence-electron chi connectivity index (χ0n) is 15.2. The summed E-state index contributed by atoms with van der Waals surface area (Å²) in [6, 6.07) is 9.87. The molecule has 28 heavy (non-hydrogen) atoms. The lowest BCUT2D eigenvalue weighted by atomic mass is 10.2. The first-order valence-electron chi connectivity index (χ1n) is 8.32. The Morgan fingerprint density at radius 3 is 2.43 bits per heavy atom. The molecule has 3 aromatic rings. The van der Waals surface area contributed by atoms with E-state index in [1.807, 2.05) is 13.8 Å². The van der Waals surface area contributed by atoms with E-state index in [4.69, 9.17) is 16.1 Å². The largest absolute Gasteiger partial charge is 0.361 e. The average Bonchev–Trinajstić information content (AvgIpc) is 3.02. The average molecular weight is 417 g/mol. The quantitative estimate of drug-likeness (QED) is 0.486. The predicted molar refractivity (Wildman–Crippen MR) is 106 cm³/mol. The fraction of sp³-hybridized carbons (Fsp3) is 0.158. The number of hydrazine groups is 1. The molecule has 0 radical (unpaired) electrons. The first kappa shape index (κ1) is 19.9. The van der Waals surface area contributed by atoms with E-state index in [1.54, 1.807) is 42.6 Å². The smallest absolute Gasteiger partial charge is 0.272 e. The maximum Gasteiger partial charge on any atom is 0.272 e. The van der Waals surface area contributed by atoms with Crippen LogP contribution in [0.25, 0.3) is 0 Å². The standard InChI is InChI=1S/C19H17ClN4O3S/c1-11-15(12(2)27-24-11)10-28-19-14(7-5-9-21-19)18(26)23-22-17(25)13-6-3-4-8-16(13)20/h3-9H,10H2,1-2H3,(H,22,25)(H,23,26). The van der Waals surface area contributed by atoms with Crippen LogP contribution in [0.2, 0.25) is 5.02 Å². The Hall–Kier alpha value is -2.84. The highest BCUT2D eigenvalue weighted by molar-refractivity contribution is 7.98. The van der Waals surface area contributed by atoms with Crippen molar-refractivity contribution in [2.24, 2.45) is 0 Å². The van der Waals surface area contributed by atoms with Gasteiger partial charge in [-0.1, -0.05) is 28.9 Å². The van der Waals surface area contributed by atoms with Gasteiger partial charge >= 0.3 is 0 Å². The van der Waals surface area contributed by atoms with Gasteiger partial charge in [0.2, 0.25) is 0 Å². The van der Waals surface area contributed by atoms with Gasteiger partial charge in [-0.15, -0.1) is 11.8 Å². The number of nitrogens with one attached hydrogen (secondary N) is 2. The summed E-state index contributed by atoms with van der Waals surface area (Å²) in [5.74, 6) is 0.311. The van der Waals surface area contributed by atoms with Gasteiger partial charge in [0.25, 0.3) is 11.8 Å². The van der Waals surface area contributed by atoms with Crippen molar-refractivity contribution in [1.82, 2.24) is 21.0 Å². The van der Waals surface area contributed by atoms with E-state index in [-0.39, 0.29) is 5.56 Å². The van der Waals surface area contributed by atoms with E-state index in [0.717, 1.165) is 17.0 Å². The Morgan fingerprint density at radius 2 is 1.75 bits per heavy atom. The summed E-state index contributed by atoms with van der Waals surface area (Å²) in [4.78, 5) is 29.0. The van der Waals surface area contributed by atoms with E-state index in [1.165, 1.54) is 11.8 Å². The Bertz CT molecular complexity index is 1000. The number of pyridine rings is 1. The van der Waals surface area contributed by atoms with E-state index < -0.39 is 11.8 Å². The fourth-order valence-corrected chi connectivity index (χ4v) is 3.79. The second-order valence-corrected chi connectivity index (χ2v) is 7.21. The minimum Gasteiger partial charge on any atom is -0.361 e. The topological polar surface area (TPSA) is 97.1 Å². The number of carbonyl (C=O) groups excluding carboxylic acids is 2. The minimum atomic E-state index is -0.507. The predicted octanol–water partition coefficient (Wildman–Crippen LogP) is 3.71. The molecule has 2 heterocycles. The SMILES string of the molecule is Cc1noc(C)c1CSc1ncccc1C(=O)NNC(=O)c1ccccc1Cl.